The van der Waals surface area contributed by atoms with E-state index in [4.69, 9.17) is 10.5 Å². The number of primary amides is 1. The lowest BCUT2D eigenvalue weighted by molar-refractivity contribution is -0.148. The second kappa shape index (κ2) is 8.73. The van der Waals surface area contributed by atoms with Gasteiger partial charge >= 0.3 is 5.97 Å². The van der Waals surface area contributed by atoms with Gasteiger partial charge in [-0.2, -0.15) is 0 Å². The number of nitrogens with two attached hydrogens (primary N) is 1. The number of esters is 1. The maximum Gasteiger partial charge on any atom is 0.328 e. The van der Waals surface area contributed by atoms with Crippen molar-refractivity contribution in [3.63, 3.8) is 0 Å². The smallest absolute Gasteiger partial charge is 0.328 e. The molecule has 0 heterocycles. The van der Waals surface area contributed by atoms with Crippen LogP contribution >= 0.6 is 0 Å². The lowest BCUT2D eigenvalue weighted by atomic mass is 10.0. The first-order chi connectivity index (χ1) is 10.8. The van der Waals surface area contributed by atoms with Crippen molar-refractivity contribution < 1.29 is 19.1 Å². The Bertz CT molecular complexity index is 591. The maximum absolute atomic E-state index is 11.9. The van der Waals surface area contributed by atoms with Crippen LogP contribution in [0.15, 0.2) is 30.3 Å². The fourth-order valence-corrected chi connectivity index (χ4v) is 1.86. The van der Waals surface area contributed by atoms with Crippen LogP contribution in [-0.4, -0.2) is 30.4 Å². The molecule has 1 aromatic rings. The highest BCUT2D eigenvalue weighted by Gasteiger charge is 2.24. The molecule has 0 saturated carbocycles. The zero-order chi connectivity index (χ0) is 17.4. The lowest BCUT2D eigenvalue weighted by Crippen LogP contribution is -2.44. The minimum atomic E-state index is -0.690. The highest BCUT2D eigenvalue weighted by Crippen LogP contribution is 2.07. The minimum absolute atomic E-state index is 0.0822. The summed E-state index contributed by atoms with van der Waals surface area (Å²) >= 11 is 0. The van der Waals surface area contributed by atoms with Crippen LogP contribution in [0, 0.1) is 5.92 Å². The molecule has 0 aliphatic rings. The van der Waals surface area contributed by atoms with Gasteiger partial charge in [0.2, 0.25) is 11.8 Å². The zero-order valence-corrected chi connectivity index (χ0v) is 13.5. The average Bonchev–Trinajstić information content (AvgIpc) is 2.50. The molecule has 0 aromatic heterocycles. The molecule has 0 aliphatic heterocycles. The zero-order valence-electron chi connectivity index (χ0n) is 13.5. The van der Waals surface area contributed by atoms with E-state index in [1.165, 1.54) is 6.08 Å². The first-order valence-corrected chi connectivity index (χ1v) is 7.40. The van der Waals surface area contributed by atoms with Gasteiger partial charge in [-0.3, -0.25) is 9.59 Å². The summed E-state index contributed by atoms with van der Waals surface area (Å²) in [7, 11) is 0. The second-order valence-corrected chi connectivity index (χ2v) is 5.30. The summed E-state index contributed by atoms with van der Waals surface area (Å²) < 4.78 is 4.94. The number of nitrogens with one attached hydrogen (secondary N) is 1. The lowest BCUT2D eigenvalue weighted by Gasteiger charge is -2.19. The van der Waals surface area contributed by atoms with Crippen LogP contribution in [0.3, 0.4) is 0 Å². The molecule has 23 heavy (non-hydrogen) atoms. The van der Waals surface area contributed by atoms with Gasteiger partial charge in [-0.05, 0) is 36.6 Å². The molecule has 6 nitrogen and oxygen atoms in total. The maximum atomic E-state index is 11.9. The van der Waals surface area contributed by atoms with E-state index in [1.54, 1.807) is 37.3 Å². The summed E-state index contributed by atoms with van der Waals surface area (Å²) in [5.74, 6) is -1.43. The number of amides is 2. The normalized spacial score (nSPS) is 12.2. The van der Waals surface area contributed by atoms with E-state index in [0.717, 1.165) is 5.56 Å². The highest BCUT2D eigenvalue weighted by atomic mass is 16.5. The number of benzene rings is 1. The molecule has 6 heteroatoms. The summed E-state index contributed by atoms with van der Waals surface area (Å²) in [6.45, 7) is 5.63. The topological polar surface area (TPSA) is 98.5 Å². The SMILES string of the molecule is CCOC(=O)[C@@H](NC(=O)/C=C/c1ccc(C(N)=O)cc1)C(C)C. The standard InChI is InChI=1S/C17H22N2O4/c1-4-23-17(22)15(11(2)3)19-14(20)10-7-12-5-8-13(9-6-12)16(18)21/h5-11,15H,4H2,1-3H3,(H2,18,21)(H,19,20)/b10-7+/t15-/m0/s1. The number of hydrogen-bond donors (Lipinski definition) is 2. The molecular formula is C17H22N2O4. The molecule has 2 amide bonds. The Labute approximate surface area is 135 Å². The average molecular weight is 318 g/mol. The van der Waals surface area contributed by atoms with Crippen molar-refractivity contribution in [3.8, 4) is 0 Å². The molecule has 124 valence electrons. The van der Waals surface area contributed by atoms with E-state index in [1.807, 2.05) is 13.8 Å². The third kappa shape index (κ3) is 5.94. The fraction of sp³-hybridized carbons (Fsp3) is 0.353. The van der Waals surface area contributed by atoms with Crippen molar-refractivity contribution in [2.75, 3.05) is 6.61 Å². The number of carbonyl (C=O) groups excluding carboxylic acids is 3. The summed E-state index contributed by atoms with van der Waals surface area (Å²) in [6, 6.07) is 5.82. The number of hydrogen-bond acceptors (Lipinski definition) is 4. The van der Waals surface area contributed by atoms with Gasteiger partial charge in [-0.25, -0.2) is 4.79 Å². The van der Waals surface area contributed by atoms with Gasteiger partial charge in [0.25, 0.3) is 0 Å². The summed E-state index contributed by atoms with van der Waals surface area (Å²) in [6.07, 6.45) is 2.91. The van der Waals surface area contributed by atoms with E-state index in [0.29, 0.717) is 5.56 Å². The van der Waals surface area contributed by atoms with Gasteiger partial charge in [-0.1, -0.05) is 26.0 Å². The van der Waals surface area contributed by atoms with Crippen molar-refractivity contribution in [2.45, 2.75) is 26.8 Å². The van der Waals surface area contributed by atoms with Gasteiger partial charge in [0.15, 0.2) is 0 Å². The van der Waals surface area contributed by atoms with E-state index in [-0.39, 0.29) is 12.5 Å². The van der Waals surface area contributed by atoms with Gasteiger partial charge < -0.3 is 15.8 Å². The van der Waals surface area contributed by atoms with E-state index < -0.39 is 23.8 Å². The van der Waals surface area contributed by atoms with Crippen molar-refractivity contribution in [1.82, 2.24) is 5.32 Å². The van der Waals surface area contributed by atoms with Crippen LogP contribution in [0.25, 0.3) is 6.08 Å². The quantitative estimate of drug-likeness (QED) is 0.588. The van der Waals surface area contributed by atoms with Crippen LogP contribution in [0.4, 0.5) is 0 Å². The molecule has 0 aliphatic carbocycles. The van der Waals surface area contributed by atoms with Crippen molar-refractivity contribution in [3.05, 3.63) is 41.5 Å². The summed E-state index contributed by atoms with van der Waals surface area (Å²) in [5, 5.41) is 2.63. The van der Waals surface area contributed by atoms with Crippen LogP contribution in [-0.2, 0) is 14.3 Å². The van der Waals surface area contributed by atoms with Gasteiger partial charge in [-0.15, -0.1) is 0 Å². The van der Waals surface area contributed by atoms with Crippen LogP contribution < -0.4 is 11.1 Å². The Morgan fingerprint density at radius 3 is 2.30 bits per heavy atom. The first-order valence-electron chi connectivity index (χ1n) is 7.40. The first kappa shape index (κ1) is 18.4. The molecule has 0 radical (unpaired) electrons. The Hall–Kier alpha value is -2.63. The minimum Gasteiger partial charge on any atom is -0.464 e. The molecule has 0 saturated heterocycles. The Morgan fingerprint density at radius 1 is 1.22 bits per heavy atom. The molecule has 3 N–H and O–H groups in total. The van der Waals surface area contributed by atoms with Crippen LogP contribution in [0.2, 0.25) is 0 Å². The molecular weight excluding hydrogens is 296 g/mol. The number of ether oxygens (including phenoxy) is 1. The van der Waals surface area contributed by atoms with Crippen LogP contribution in [0.5, 0.6) is 0 Å². The monoisotopic (exact) mass is 318 g/mol. The van der Waals surface area contributed by atoms with Crippen LogP contribution in [0.1, 0.15) is 36.7 Å². The van der Waals surface area contributed by atoms with E-state index in [2.05, 4.69) is 5.32 Å². The van der Waals surface area contributed by atoms with Gasteiger partial charge in [0, 0.05) is 11.6 Å². The number of carbonyl (C=O) groups is 3. The Balaban J connectivity index is 2.70. The predicted molar refractivity (Wildman–Crippen MR) is 87.4 cm³/mol. The molecule has 0 bridgehead atoms. The number of rotatable bonds is 7. The molecule has 1 atom stereocenters. The Morgan fingerprint density at radius 2 is 1.83 bits per heavy atom. The van der Waals surface area contributed by atoms with E-state index >= 15 is 0 Å². The molecule has 0 fully saturated rings. The van der Waals surface area contributed by atoms with Gasteiger partial charge in [0.1, 0.15) is 6.04 Å². The predicted octanol–water partition coefficient (Wildman–Crippen LogP) is 1.50. The van der Waals surface area contributed by atoms with E-state index in [9.17, 15) is 14.4 Å². The highest BCUT2D eigenvalue weighted by molar-refractivity contribution is 5.95. The summed E-state index contributed by atoms with van der Waals surface area (Å²) in [5.41, 5.74) is 6.29. The summed E-state index contributed by atoms with van der Waals surface area (Å²) in [4.78, 5) is 34.7. The second-order valence-electron chi connectivity index (χ2n) is 5.30. The molecule has 1 aromatic carbocycles. The molecule has 0 spiro atoms. The van der Waals surface area contributed by atoms with Crippen molar-refractivity contribution in [2.24, 2.45) is 11.7 Å². The third-order valence-corrected chi connectivity index (χ3v) is 3.13. The van der Waals surface area contributed by atoms with Crippen molar-refractivity contribution >= 4 is 23.9 Å². The molecule has 1 rings (SSSR count). The third-order valence-electron chi connectivity index (χ3n) is 3.13. The molecule has 0 unspecified atom stereocenters. The fourth-order valence-electron chi connectivity index (χ4n) is 1.86. The Kier molecular flexibility index (Phi) is 6.99. The van der Waals surface area contributed by atoms with Gasteiger partial charge in [0.05, 0.1) is 6.61 Å². The largest absolute Gasteiger partial charge is 0.464 e. The van der Waals surface area contributed by atoms with Crippen molar-refractivity contribution in [1.29, 1.82) is 0 Å².